The standard InChI is InChI=1S/C14H12F2N2O3/c1-17-8-9-4-10(15)6-12(5-9)21-14-3-2-11(18(19)20)7-13(14)16/h2-7,17H,8H2,1H3. The molecular weight excluding hydrogens is 282 g/mol. The van der Waals surface area contributed by atoms with E-state index in [4.69, 9.17) is 4.74 Å². The summed E-state index contributed by atoms with van der Waals surface area (Å²) in [7, 11) is 1.71. The first-order valence-corrected chi connectivity index (χ1v) is 6.05. The summed E-state index contributed by atoms with van der Waals surface area (Å²) in [5.74, 6) is -1.49. The van der Waals surface area contributed by atoms with Crippen molar-refractivity contribution in [1.29, 1.82) is 0 Å². The number of nitrogens with one attached hydrogen (secondary N) is 1. The molecule has 0 radical (unpaired) electrons. The number of ether oxygens (including phenoxy) is 1. The highest BCUT2D eigenvalue weighted by Gasteiger charge is 2.13. The van der Waals surface area contributed by atoms with Crippen LogP contribution in [0.4, 0.5) is 14.5 Å². The van der Waals surface area contributed by atoms with Crippen LogP contribution < -0.4 is 10.1 Å². The molecule has 5 nitrogen and oxygen atoms in total. The number of nitro groups is 1. The number of hydrogen-bond donors (Lipinski definition) is 1. The Labute approximate surface area is 119 Å². The Hall–Kier alpha value is -2.54. The number of benzene rings is 2. The molecule has 0 aliphatic rings. The molecule has 0 atom stereocenters. The van der Waals surface area contributed by atoms with E-state index in [1.165, 1.54) is 6.07 Å². The maximum Gasteiger partial charge on any atom is 0.272 e. The van der Waals surface area contributed by atoms with E-state index in [2.05, 4.69) is 5.32 Å². The summed E-state index contributed by atoms with van der Waals surface area (Å²) in [5, 5.41) is 13.4. The van der Waals surface area contributed by atoms with Crippen molar-refractivity contribution in [3.63, 3.8) is 0 Å². The molecular formula is C14H12F2N2O3. The van der Waals surface area contributed by atoms with Crippen LogP contribution in [0.15, 0.2) is 36.4 Å². The number of rotatable bonds is 5. The first kappa shape index (κ1) is 14.9. The van der Waals surface area contributed by atoms with Gasteiger partial charge in [-0.2, -0.15) is 0 Å². The minimum absolute atomic E-state index is 0.119. The zero-order chi connectivity index (χ0) is 15.4. The number of nitro benzene ring substituents is 1. The molecule has 110 valence electrons. The minimum Gasteiger partial charge on any atom is -0.454 e. The van der Waals surface area contributed by atoms with E-state index < -0.39 is 16.6 Å². The Bertz CT molecular complexity index is 677. The Morgan fingerprint density at radius 1 is 1.24 bits per heavy atom. The van der Waals surface area contributed by atoms with Crippen LogP contribution in [0, 0.1) is 21.7 Å². The van der Waals surface area contributed by atoms with Crippen LogP contribution >= 0.6 is 0 Å². The van der Waals surface area contributed by atoms with Gasteiger partial charge in [0, 0.05) is 18.7 Å². The molecule has 0 aliphatic heterocycles. The monoisotopic (exact) mass is 294 g/mol. The summed E-state index contributed by atoms with van der Waals surface area (Å²) < 4.78 is 32.4. The van der Waals surface area contributed by atoms with Gasteiger partial charge >= 0.3 is 0 Å². The fourth-order valence-corrected chi connectivity index (χ4v) is 1.80. The second-order valence-corrected chi connectivity index (χ2v) is 4.30. The lowest BCUT2D eigenvalue weighted by atomic mass is 10.2. The fraction of sp³-hybridized carbons (Fsp3) is 0.143. The fourth-order valence-electron chi connectivity index (χ4n) is 1.80. The van der Waals surface area contributed by atoms with Gasteiger partial charge in [0.2, 0.25) is 0 Å². The first-order valence-electron chi connectivity index (χ1n) is 6.05. The topological polar surface area (TPSA) is 64.4 Å². The molecule has 0 spiro atoms. The van der Waals surface area contributed by atoms with Crippen LogP contribution in [-0.4, -0.2) is 12.0 Å². The Morgan fingerprint density at radius 2 is 2.00 bits per heavy atom. The van der Waals surface area contributed by atoms with E-state index in [1.807, 2.05) is 0 Å². The molecule has 0 fully saturated rings. The second-order valence-electron chi connectivity index (χ2n) is 4.30. The van der Waals surface area contributed by atoms with Gasteiger partial charge in [0.1, 0.15) is 11.6 Å². The maximum atomic E-state index is 13.7. The van der Waals surface area contributed by atoms with Crippen molar-refractivity contribution in [1.82, 2.24) is 5.32 Å². The quantitative estimate of drug-likeness (QED) is 0.678. The Balaban J connectivity index is 2.27. The zero-order valence-corrected chi connectivity index (χ0v) is 11.1. The van der Waals surface area contributed by atoms with Gasteiger partial charge in [-0.1, -0.05) is 0 Å². The van der Waals surface area contributed by atoms with Crippen molar-refractivity contribution in [2.45, 2.75) is 6.54 Å². The molecule has 2 aromatic rings. The maximum absolute atomic E-state index is 13.7. The predicted molar refractivity (Wildman–Crippen MR) is 72.3 cm³/mol. The van der Waals surface area contributed by atoms with Crippen molar-refractivity contribution in [2.24, 2.45) is 0 Å². The molecule has 2 aromatic carbocycles. The van der Waals surface area contributed by atoms with Gasteiger partial charge < -0.3 is 10.1 Å². The molecule has 0 aromatic heterocycles. The number of halogens is 2. The van der Waals surface area contributed by atoms with Gasteiger partial charge in [-0.05, 0) is 30.8 Å². The van der Waals surface area contributed by atoms with Crippen molar-refractivity contribution in [2.75, 3.05) is 7.05 Å². The predicted octanol–water partition coefficient (Wildman–Crippen LogP) is 3.38. The normalized spacial score (nSPS) is 10.4. The summed E-state index contributed by atoms with van der Waals surface area (Å²) in [6.07, 6.45) is 0. The molecule has 0 aliphatic carbocycles. The first-order chi connectivity index (χ1) is 9.99. The van der Waals surface area contributed by atoms with Crippen molar-refractivity contribution < 1.29 is 18.4 Å². The molecule has 0 amide bonds. The summed E-state index contributed by atoms with van der Waals surface area (Å²) in [6, 6.07) is 7.00. The molecule has 0 saturated heterocycles. The van der Waals surface area contributed by atoms with E-state index in [0.29, 0.717) is 12.1 Å². The molecule has 1 N–H and O–H groups in total. The second kappa shape index (κ2) is 6.27. The summed E-state index contributed by atoms with van der Waals surface area (Å²) in [6.45, 7) is 0.427. The van der Waals surface area contributed by atoms with Gasteiger partial charge in [0.25, 0.3) is 5.69 Å². The largest absolute Gasteiger partial charge is 0.454 e. The van der Waals surface area contributed by atoms with Gasteiger partial charge in [-0.25, -0.2) is 8.78 Å². The SMILES string of the molecule is CNCc1cc(F)cc(Oc2ccc([N+](=O)[O-])cc2F)c1. The highest BCUT2D eigenvalue weighted by Crippen LogP contribution is 2.28. The van der Waals surface area contributed by atoms with Crippen LogP contribution in [0.1, 0.15) is 5.56 Å². The molecule has 0 heterocycles. The van der Waals surface area contributed by atoms with E-state index in [1.54, 1.807) is 13.1 Å². The van der Waals surface area contributed by atoms with Crippen molar-refractivity contribution in [3.8, 4) is 11.5 Å². The van der Waals surface area contributed by atoms with E-state index in [0.717, 1.165) is 24.3 Å². The minimum atomic E-state index is -0.886. The number of non-ortho nitro benzene ring substituents is 1. The van der Waals surface area contributed by atoms with Gasteiger partial charge in [-0.15, -0.1) is 0 Å². The van der Waals surface area contributed by atoms with E-state index in [-0.39, 0.29) is 17.2 Å². The van der Waals surface area contributed by atoms with E-state index in [9.17, 15) is 18.9 Å². The lowest BCUT2D eigenvalue weighted by Gasteiger charge is -2.09. The third-order valence-electron chi connectivity index (χ3n) is 2.67. The van der Waals surface area contributed by atoms with Crippen molar-refractivity contribution in [3.05, 3.63) is 63.7 Å². The van der Waals surface area contributed by atoms with Gasteiger partial charge in [-0.3, -0.25) is 10.1 Å². The third-order valence-corrected chi connectivity index (χ3v) is 2.67. The average molecular weight is 294 g/mol. The summed E-state index contributed by atoms with van der Waals surface area (Å²) in [5.41, 5.74) is 0.254. The van der Waals surface area contributed by atoms with Crippen LogP contribution in [0.25, 0.3) is 0 Å². The Kier molecular flexibility index (Phi) is 4.44. The molecule has 0 saturated carbocycles. The molecule has 0 unspecified atom stereocenters. The molecule has 21 heavy (non-hydrogen) atoms. The molecule has 2 rings (SSSR count). The highest BCUT2D eigenvalue weighted by atomic mass is 19.1. The van der Waals surface area contributed by atoms with Gasteiger partial charge in [0.05, 0.1) is 11.0 Å². The smallest absolute Gasteiger partial charge is 0.272 e. The van der Waals surface area contributed by atoms with Gasteiger partial charge in [0.15, 0.2) is 11.6 Å². The number of hydrogen-bond acceptors (Lipinski definition) is 4. The third kappa shape index (κ3) is 3.73. The molecule has 7 heteroatoms. The average Bonchev–Trinajstić information content (AvgIpc) is 2.40. The summed E-state index contributed by atoms with van der Waals surface area (Å²) >= 11 is 0. The lowest BCUT2D eigenvalue weighted by molar-refractivity contribution is -0.385. The Morgan fingerprint density at radius 3 is 2.62 bits per heavy atom. The summed E-state index contributed by atoms with van der Waals surface area (Å²) in [4.78, 5) is 9.82. The number of nitrogens with zero attached hydrogens (tertiary/aromatic N) is 1. The van der Waals surface area contributed by atoms with Crippen LogP contribution in [0.5, 0.6) is 11.5 Å². The lowest BCUT2D eigenvalue weighted by Crippen LogP contribution is -2.05. The van der Waals surface area contributed by atoms with Crippen LogP contribution in [0.2, 0.25) is 0 Å². The van der Waals surface area contributed by atoms with E-state index >= 15 is 0 Å². The molecule has 0 bridgehead atoms. The van der Waals surface area contributed by atoms with Crippen molar-refractivity contribution >= 4 is 5.69 Å². The van der Waals surface area contributed by atoms with Crippen LogP contribution in [0.3, 0.4) is 0 Å². The highest BCUT2D eigenvalue weighted by molar-refractivity contribution is 5.40. The zero-order valence-electron chi connectivity index (χ0n) is 11.1. The van der Waals surface area contributed by atoms with Crippen LogP contribution in [-0.2, 0) is 6.54 Å².